The van der Waals surface area contributed by atoms with Crippen molar-refractivity contribution in [2.45, 2.75) is 26.4 Å². The SMILES string of the molecule is COc1ccccc1C(=O)Nc1ccc2c(c1)nc(CN1CCN(C)CC1)n2C(C)C.Cl.Cl.Cl. The van der Waals surface area contributed by atoms with Crippen LogP contribution in [0.4, 0.5) is 5.69 Å². The lowest BCUT2D eigenvalue weighted by molar-refractivity contribution is 0.102. The quantitative estimate of drug-likeness (QED) is 0.492. The summed E-state index contributed by atoms with van der Waals surface area (Å²) >= 11 is 0. The van der Waals surface area contributed by atoms with Crippen molar-refractivity contribution in [1.29, 1.82) is 0 Å². The number of likely N-dealkylation sites (N-methyl/N-ethyl adjacent to an activating group) is 1. The molecule has 10 heteroatoms. The van der Waals surface area contributed by atoms with Gasteiger partial charge in [-0.3, -0.25) is 9.69 Å². The molecule has 0 spiro atoms. The van der Waals surface area contributed by atoms with Crippen molar-refractivity contribution in [3.8, 4) is 5.75 Å². The lowest BCUT2D eigenvalue weighted by Crippen LogP contribution is -2.44. The lowest BCUT2D eigenvalue weighted by Gasteiger charge is -2.32. The van der Waals surface area contributed by atoms with Gasteiger partial charge in [-0.1, -0.05) is 12.1 Å². The summed E-state index contributed by atoms with van der Waals surface area (Å²) in [5, 5.41) is 2.99. The maximum Gasteiger partial charge on any atom is 0.259 e. The van der Waals surface area contributed by atoms with Gasteiger partial charge in [-0.25, -0.2) is 4.98 Å². The van der Waals surface area contributed by atoms with Gasteiger partial charge < -0.3 is 19.5 Å². The van der Waals surface area contributed by atoms with Gasteiger partial charge in [-0.2, -0.15) is 0 Å². The zero-order valence-corrected chi connectivity index (χ0v) is 22.4. The number of nitrogens with zero attached hydrogens (tertiary/aromatic N) is 4. The number of hydrogen-bond donors (Lipinski definition) is 1. The monoisotopic (exact) mass is 529 g/mol. The molecule has 34 heavy (non-hydrogen) atoms. The zero-order valence-electron chi connectivity index (χ0n) is 20.0. The van der Waals surface area contributed by atoms with Crippen LogP contribution in [0, 0.1) is 0 Å². The number of methoxy groups -OCH3 is 1. The number of carbonyl (C=O) groups excluding carboxylic acids is 1. The van der Waals surface area contributed by atoms with Gasteiger partial charge in [-0.05, 0) is 51.2 Å². The van der Waals surface area contributed by atoms with Gasteiger partial charge in [0.15, 0.2) is 0 Å². The van der Waals surface area contributed by atoms with Gasteiger partial charge in [0.2, 0.25) is 0 Å². The van der Waals surface area contributed by atoms with Crippen molar-refractivity contribution in [3.05, 3.63) is 53.9 Å². The van der Waals surface area contributed by atoms with Gasteiger partial charge in [0, 0.05) is 37.9 Å². The van der Waals surface area contributed by atoms with Crippen LogP contribution in [0.15, 0.2) is 42.5 Å². The molecule has 4 rings (SSSR count). The summed E-state index contributed by atoms with van der Waals surface area (Å²) in [6.07, 6.45) is 0. The number of aromatic nitrogens is 2. The molecule has 2 aromatic carbocycles. The predicted molar refractivity (Wildman–Crippen MR) is 146 cm³/mol. The summed E-state index contributed by atoms with van der Waals surface area (Å²) in [4.78, 5) is 22.5. The van der Waals surface area contributed by atoms with Crippen molar-refractivity contribution in [2.75, 3.05) is 45.7 Å². The van der Waals surface area contributed by atoms with E-state index in [1.165, 1.54) is 0 Å². The van der Waals surface area contributed by atoms with E-state index < -0.39 is 0 Å². The zero-order chi connectivity index (χ0) is 22.0. The first-order chi connectivity index (χ1) is 15.0. The summed E-state index contributed by atoms with van der Waals surface area (Å²) in [7, 11) is 3.74. The number of ether oxygens (including phenoxy) is 1. The van der Waals surface area contributed by atoms with Gasteiger partial charge in [0.05, 0.1) is 30.3 Å². The van der Waals surface area contributed by atoms with Crippen LogP contribution in [-0.4, -0.2) is 65.6 Å². The molecule has 0 radical (unpaired) electrons. The summed E-state index contributed by atoms with van der Waals surface area (Å²) in [6.45, 7) is 9.49. The molecule has 0 unspecified atom stereocenters. The molecule has 1 amide bonds. The molecule has 1 aromatic heterocycles. The minimum Gasteiger partial charge on any atom is -0.496 e. The van der Waals surface area contributed by atoms with E-state index in [1.54, 1.807) is 19.2 Å². The van der Waals surface area contributed by atoms with Crippen LogP contribution in [0.5, 0.6) is 5.75 Å². The second kappa shape index (κ2) is 13.2. The number of benzene rings is 2. The van der Waals surface area contributed by atoms with Crippen LogP contribution >= 0.6 is 37.2 Å². The van der Waals surface area contributed by atoms with Crippen LogP contribution in [0.3, 0.4) is 0 Å². The summed E-state index contributed by atoms with van der Waals surface area (Å²) in [5.74, 6) is 1.43. The van der Waals surface area contributed by atoms with E-state index in [2.05, 4.69) is 40.6 Å². The predicted octanol–water partition coefficient (Wildman–Crippen LogP) is 4.89. The Kier molecular flexibility index (Phi) is 11.6. The first-order valence-corrected chi connectivity index (χ1v) is 10.8. The number of piperazine rings is 1. The number of halogens is 3. The third kappa shape index (κ3) is 6.55. The third-order valence-corrected chi connectivity index (χ3v) is 5.85. The number of anilines is 1. The Balaban J connectivity index is 0.00000193. The number of nitrogens with one attached hydrogen (secondary N) is 1. The van der Waals surface area contributed by atoms with Crippen LogP contribution < -0.4 is 10.1 Å². The first kappa shape index (κ1) is 30.0. The lowest BCUT2D eigenvalue weighted by atomic mass is 10.2. The molecular weight excluding hydrogens is 497 g/mol. The Morgan fingerprint density at radius 3 is 2.38 bits per heavy atom. The number of imidazole rings is 1. The van der Waals surface area contributed by atoms with E-state index in [1.807, 2.05) is 30.3 Å². The van der Waals surface area contributed by atoms with Crippen LogP contribution in [-0.2, 0) is 6.54 Å². The van der Waals surface area contributed by atoms with Gasteiger partial charge in [0.1, 0.15) is 11.6 Å². The van der Waals surface area contributed by atoms with Crippen LogP contribution in [0.1, 0.15) is 36.1 Å². The summed E-state index contributed by atoms with van der Waals surface area (Å²) in [5.41, 5.74) is 3.22. The third-order valence-electron chi connectivity index (χ3n) is 5.85. The molecule has 1 saturated heterocycles. The number of hydrogen-bond acceptors (Lipinski definition) is 5. The average Bonchev–Trinajstić information content (AvgIpc) is 3.12. The molecule has 0 aliphatic carbocycles. The van der Waals surface area contributed by atoms with Crippen LogP contribution in [0.2, 0.25) is 0 Å². The summed E-state index contributed by atoms with van der Waals surface area (Å²) < 4.78 is 7.62. The molecule has 3 aromatic rings. The van der Waals surface area contributed by atoms with E-state index in [9.17, 15) is 4.79 Å². The van der Waals surface area contributed by atoms with E-state index in [-0.39, 0.29) is 43.1 Å². The maximum atomic E-state index is 12.8. The molecule has 1 fully saturated rings. The largest absolute Gasteiger partial charge is 0.496 e. The second-order valence-electron chi connectivity index (χ2n) is 8.43. The minimum absolute atomic E-state index is 0. The molecule has 1 aliphatic rings. The second-order valence-corrected chi connectivity index (χ2v) is 8.43. The number of fused-ring (bicyclic) bond motifs is 1. The Bertz CT molecular complexity index is 1080. The van der Waals surface area contributed by atoms with Crippen molar-refractivity contribution in [1.82, 2.24) is 19.4 Å². The number of amides is 1. The number of rotatable bonds is 6. The van der Waals surface area contributed by atoms with E-state index in [0.29, 0.717) is 17.4 Å². The highest BCUT2D eigenvalue weighted by atomic mass is 35.5. The fourth-order valence-corrected chi connectivity index (χ4v) is 4.15. The Morgan fingerprint density at radius 2 is 1.74 bits per heavy atom. The van der Waals surface area contributed by atoms with Gasteiger partial charge in [-0.15, -0.1) is 37.2 Å². The molecule has 1 aliphatic heterocycles. The highest BCUT2D eigenvalue weighted by Gasteiger charge is 2.20. The molecular formula is C24H34Cl3N5O2. The maximum absolute atomic E-state index is 12.8. The molecule has 0 bridgehead atoms. The van der Waals surface area contributed by atoms with Crippen molar-refractivity contribution < 1.29 is 9.53 Å². The van der Waals surface area contributed by atoms with Gasteiger partial charge in [0.25, 0.3) is 5.91 Å². The smallest absolute Gasteiger partial charge is 0.259 e. The summed E-state index contributed by atoms with van der Waals surface area (Å²) in [6, 6.07) is 13.5. The van der Waals surface area contributed by atoms with E-state index >= 15 is 0 Å². The Morgan fingerprint density at radius 1 is 1.06 bits per heavy atom. The fraction of sp³-hybridized carbons (Fsp3) is 0.417. The highest BCUT2D eigenvalue weighted by molar-refractivity contribution is 6.06. The molecule has 0 atom stereocenters. The molecule has 2 heterocycles. The van der Waals surface area contributed by atoms with Crippen molar-refractivity contribution >= 4 is 59.8 Å². The number of carbonyl (C=O) groups is 1. The first-order valence-electron chi connectivity index (χ1n) is 10.8. The average molecular weight is 531 g/mol. The molecule has 188 valence electrons. The Labute approximate surface area is 220 Å². The van der Waals surface area contributed by atoms with E-state index in [4.69, 9.17) is 9.72 Å². The number of para-hydroxylation sites is 1. The standard InChI is InChI=1S/C24H31N5O2.3ClH/c1-17(2)29-21-10-9-18(25-24(30)19-7-5-6-8-22(19)31-4)15-20(21)26-23(29)16-28-13-11-27(3)12-14-28;;;/h5-10,15,17H,11-14,16H2,1-4H3,(H,25,30);3*1H. The minimum atomic E-state index is -0.197. The molecule has 7 nitrogen and oxygen atoms in total. The van der Waals surface area contributed by atoms with Gasteiger partial charge >= 0.3 is 0 Å². The van der Waals surface area contributed by atoms with Crippen molar-refractivity contribution in [3.63, 3.8) is 0 Å². The normalized spacial score (nSPS) is 14.1. The molecule has 1 N–H and O–H groups in total. The van der Waals surface area contributed by atoms with E-state index in [0.717, 1.165) is 55.3 Å². The van der Waals surface area contributed by atoms with Crippen LogP contribution in [0.25, 0.3) is 11.0 Å². The molecule has 0 saturated carbocycles. The highest BCUT2D eigenvalue weighted by Crippen LogP contribution is 2.26. The topological polar surface area (TPSA) is 62.6 Å². The fourth-order valence-electron chi connectivity index (χ4n) is 4.15. The van der Waals surface area contributed by atoms with Crippen molar-refractivity contribution in [2.24, 2.45) is 0 Å². The Hall–Kier alpha value is -2.03.